The molecule has 0 radical (unpaired) electrons. The van der Waals surface area contributed by atoms with Gasteiger partial charge in [0.25, 0.3) is 0 Å². The molecule has 1 aliphatic rings. The smallest absolute Gasteiger partial charge is 0.224 e. The number of carbonyl (C=O) groups excluding carboxylic acids is 1. The number of likely N-dealkylation sites (tertiary alicyclic amines) is 1. The van der Waals surface area contributed by atoms with E-state index in [-0.39, 0.29) is 5.91 Å². The highest BCUT2D eigenvalue weighted by molar-refractivity contribution is 7.09. The summed E-state index contributed by atoms with van der Waals surface area (Å²) in [5.74, 6) is 1.08. The van der Waals surface area contributed by atoms with E-state index in [1.54, 1.807) is 7.11 Å². The molecular weight excluding hydrogens is 276 g/mol. The Morgan fingerprint density at radius 1 is 1.50 bits per heavy atom. The van der Waals surface area contributed by atoms with Crippen LogP contribution in [-0.2, 0) is 16.0 Å². The number of methoxy groups -OCH3 is 1. The van der Waals surface area contributed by atoms with Gasteiger partial charge in [0.1, 0.15) is 5.82 Å². The number of aryl methyl sites for hydroxylation is 1. The van der Waals surface area contributed by atoms with E-state index in [0.29, 0.717) is 19.1 Å². The number of anilines is 1. The predicted octanol–water partition coefficient (Wildman–Crippen LogP) is 1.54. The number of hydrogen-bond acceptors (Lipinski definition) is 6. The Kier molecular flexibility index (Phi) is 5.72. The van der Waals surface area contributed by atoms with Crippen LogP contribution in [0.2, 0.25) is 0 Å². The number of rotatable bonds is 6. The number of carbonyl (C=O) groups is 1. The lowest BCUT2D eigenvalue weighted by Crippen LogP contribution is -2.42. The summed E-state index contributed by atoms with van der Waals surface area (Å²) in [6, 6.07) is 0.388. The number of aromatic nitrogens is 2. The molecule has 1 aromatic rings. The van der Waals surface area contributed by atoms with Crippen LogP contribution in [0.15, 0.2) is 0 Å². The van der Waals surface area contributed by atoms with Gasteiger partial charge in [-0.05, 0) is 12.8 Å². The van der Waals surface area contributed by atoms with Gasteiger partial charge in [-0.2, -0.15) is 4.37 Å². The summed E-state index contributed by atoms with van der Waals surface area (Å²) in [4.78, 5) is 18.2. The van der Waals surface area contributed by atoms with Crippen LogP contribution >= 0.6 is 11.5 Å². The van der Waals surface area contributed by atoms with E-state index in [0.717, 1.165) is 43.3 Å². The molecule has 0 spiro atoms. The first-order valence-electron chi connectivity index (χ1n) is 7.08. The number of nitrogens with zero attached hydrogens (tertiary/aromatic N) is 3. The standard InChI is InChI=1S/C13H22N4O2S/c1-3-11-15-13(20-16-11)14-10-4-7-17(8-5-10)12(18)6-9-19-2/h10H,3-9H2,1-2H3,(H,14,15,16). The van der Waals surface area contributed by atoms with Gasteiger partial charge in [-0.15, -0.1) is 0 Å². The Labute approximate surface area is 123 Å². The fourth-order valence-electron chi connectivity index (χ4n) is 2.25. The molecule has 7 heteroatoms. The summed E-state index contributed by atoms with van der Waals surface area (Å²) in [6.45, 7) is 4.16. The predicted molar refractivity (Wildman–Crippen MR) is 79.0 cm³/mol. The molecule has 0 aliphatic carbocycles. The maximum atomic E-state index is 11.9. The second kappa shape index (κ2) is 7.54. The molecule has 0 unspecified atom stereocenters. The lowest BCUT2D eigenvalue weighted by atomic mass is 10.1. The summed E-state index contributed by atoms with van der Waals surface area (Å²) in [7, 11) is 1.62. The van der Waals surface area contributed by atoms with Gasteiger partial charge in [0.05, 0.1) is 13.0 Å². The highest BCUT2D eigenvalue weighted by atomic mass is 32.1. The minimum absolute atomic E-state index is 0.189. The minimum atomic E-state index is 0.189. The monoisotopic (exact) mass is 298 g/mol. The average molecular weight is 298 g/mol. The maximum absolute atomic E-state index is 11.9. The molecule has 1 fully saturated rings. The van der Waals surface area contributed by atoms with Crippen LogP contribution in [0, 0.1) is 0 Å². The van der Waals surface area contributed by atoms with Gasteiger partial charge in [0.15, 0.2) is 0 Å². The highest BCUT2D eigenvalue weighted by Crippen LogP contribution is 2.18. The Hall–Kier alpha value is -1.21. The van der Waals surface area contributed by atoms with E-state index in [1.165, 1.54) is 11.5 Å². The molecule has 1 N–H and O–H groups in total. The van der Waals surface area contributed by atoms with E-state index in [1.807, 2.05) is 4.90 Å². The summed E-state index contributed by atoms with van der Waals surface area (Å²) >= 11 is 1.42. The molecular formula is C13H22N4O2S. The zero-order valence-corrected chi connectivity index (χ0v) is 12.9. The van der Waals surface area contributed by atoms with Gasteiger partial charge in [-0.1, -0.05) is 6.92 Å². The van der Waals surface area contributed by atoms with E-state index >= 15 is 0 Å². The topological polar surface area (TPSA) is 67.4 Å². The van der Waals surface area contributed by atoms with Gasteiger partial charge in [0, 0.05) is 44.2 Å². The van der Waals surface area contributed by atoms with E-state index < -0.39 is 0 Å². The first-order chi connectivity index (χ1) is 9.72. The minimum Gasteiger partial charge on any atom is -0.384 e. The molecule has 1 aromatic heterocycles. The van der Waals surface area contributed by atoms with Crippen LogP contribution in [0.1, 0.15) is 32.0 Å². The van der Waals surface area contributed by atoms with Crippen LogP contribution in [0.4, 0.5) is 5.13 Å². The van der Waals surface area contributed by atoms with Crippen molar-refractivity contribution < 1.29 is 9.53 Å². The Bertz CT molecular complexity index is 430. The molecule has 6 nitrogen and oxygen atoms in total. The molecule has 1 aliphatic heterocycles. The molecule has 112 valence electrons. The van der Waals surface area contributed by atoms with Crippen molar-refractivity contribution in [1.82, 2.24) is 14.3 Å². The van der Waals surface area contributed by atoms with Crippen LogP contribution in [0.25, 0.3) is 0 Å². The third kappa shape index (κ3) is 4.14. The quantitative estimate of drug-likeness (QED) is 0.863. The van der Waals surface area contributed by atoms with Crippen molar-refractivity contribution in [2.45, 2.75) is 38.6 Å². The summed E-state index contributed by atoms with van der Waals surface area (Å²) in [5.41, 5.74) is 0. The summed E-state index contributed by atoms with van der Waals surface area (Å²) < 4.78 is 9.21. The number of nitrogens with one attached hydrogen (secondary N) is 1. The van der Waals surface area contributed by atoms with Crippen molar-refractivity contribution in [3.05, 3.63) is 5.82 Å². The Morgan fingerprint density at radius 3 is 2.85 bits per heavy atom. The zero-order valence-electron chi connectivity index (χ0n) is 12.1. The fraction of sp³-hybridized carbons (Fsp3) is 0.769. The lowest BCUT2D eigenvalue weighted by Gasteiger charge is -2.32. The number of ether oxygens (including phenoxy) is 1. The molecule has 2 rings (SSSR count). The van der Waals surface area contributed by atoms with Crippen molar-refractivity contribution in [2.75, 3.05) is 32.1 Å². The number of piperidine rings is 1. The highest BCUT2D eigenvalue weighted by Gasteiger charge is 2.23. The maximum Gasteiger partial charge on any atom is 0.224 e. The second-order valence-electron chi connectivity index (χ2n) is 4.91. The molecule has 2 heterocycles. The third-order valence-corrected chi connectivity index (χ3v) is 4.16. The molecule has 0 bridgehead atoms. The van der Waals surface area contributed by atoms with E-state index in [2.05, 4.69) is 21.6 Å². The first kappa shape index (κ1) is 15.2. The number of hydrogen-bond donors (Lipinski definition) is 1. The van der Waals surface area contributed by atoms with Crippen molar-refractivity contribution >= 4 is 22.6 Å². The zero-order chi connectivity index (χ0) is 14.4. The van der Waals surface area contributed by atoms with Crippen molar-refractivity contribution in [1.29, 1.82) is 0 Å². The molecule has 1 amide bonds. The van der Waals surface area contributed by atoms with Crippen LogP contribution in [0.3, 0.4) is 0 Å². The molecule has 20 heavy (non-hydrogen) atoms. The van der Waals surface area contributed by atoms with E-state index in [9.17, 15) is 4.79 Å². The largest absolute Gasteiger partial charge is 0.384 e. The average Bonchev–Trinajstić information content (AvgIpc) is 2.93. The molecule has 1 saturated heterocycles. The summed E-state index contributed by atoms with van der Waals surface area (Å²) in [5, 5.41) is 4.31. The van der Waals surface area contributed by atoms with Gasteiger partial charge in [-0.25, -0.2) is 4.98 Å². The summed E-state index contributed by atoms with van der Waals surface area (Å²) in [6.07, 6.45) is 3.26. The van der Waals surface area contributed by atoms with E-state index in [4.69, 9.17) is 4.74 Å². The Balaban J connectivity index is 1.75. The molecule has 0 saturated carbocycles. The van der Waals surface area contributed by atoms with Gasteiger partial charge < -0.3 is 15.0 Å². The van der Waals surface area contributed by atoms with Crippen LogP contribution in [-0.4, -0.2) is 53.0 Å². The van der Waals surface area contributed by atoms with Crippen molar-refractivity contribution in [2.24, 2.45) is 0 Å². The van der Waals surface area contributed by atoms with Gasteiger partial charge >= 0.3 is 0 Å². The molecule has 0 aromatic carbocycles. The van der Waals surface area contributed by atoms with Gasteiger partial charge in [-0.3, -0.25) is 4.79 Å². The van der Waals surface area contributed by atoms with Crippen LogP contribution in [0.5, 0.6) is 0 Å². The van der Waals surface area contributed by atoms with Crippen LogP contribution < -0.4 is 5.32 Å². The van der Waals surface area contributed by atoms with Gasteiger partial charge in [0.2, 0.25) is 11.0 Å². The van der Waals surface area contributed by atoms with Crippen molar-refractivity contribution in [3.8, 4) is 0 Å². The normalized spacial score (nSPS) is 16.4. The third-order valence-electron chi connectivity index (χ3n) is 3.48. The lowest BCUT2D eigenvalue weighted by molar-refractivity contribution is -0.133. The Morgan fingerprint density at radius 2 is 2.25 bits per heavy atom. The van der Waals surface area contributed by atoms with Crippen molar-refractivity contribution in [3.63, 3.8) is 0 Å². The second-order valence-corrected chi connectivity index (χ2v) is 5.66. The SMILES string of the molecule is CCc1nsc(NC2CCN(C(=O)CCOC)CC2)n1. The molecule has 0 atom stereocenters. The number of amides is 1. The fourth-order valence-corrected chi connectivity index (χ4v) is 2.98. The first-order valence-corrected chi connectivity index (χ1v) is 7.86.